The van der Waals surface area contributed by atoms with Crippen molar-refractivity contribution in [3.8, 4) is 0 Å². The van der Waals surface area contributed by atoms with Crippen molar-refractivity contribution in [2.75, 3.05) is 13.2 Å². The molecule has 0 radical (unpaired) electrons. The maximum absolute atomic E-state index is 11.3. The van der Waals surface area contributed by atoms with Gasteiger partial charge in [-0.25, -0.2) is 0 Å². The third kappa shape index (κ3) is 7.39. The predicted octanol–water partition coefficient (Wildman–Crippen LogP) is 3.23. The summed E-state index contributed by atoms with van der Waals surface area (Å²) in [6.07, 6.45) is -3.07. The zero-order chi connectivity index (χ0) is 23.0. The van der Waals surface area contributed by atoms with Crippen LogP contribution >= 0.6 is 0 Å². The number of hydrogen-bond acceptors (Lipinski definition) is 7. The SMILES string of the molecule is CC(=O)OC[C@@H](O)[C@@H](OCc1ccccc1)[C@H](OCc1ccccc1)[C@H]1COC(C)(C)O1. The number of esters is 1. The Labute approximate surface area is 189 Å². The fraction of sp³-hybridized carbons (Fsp3) is 0.480. The fourth-order valence-electron chi connectivity index (χ4n) is 3.55. The van der Waals surface area contributed by atoms with E-state index in [9.17, 15) is 9.90 Å². The summed E-state index contributed by atoms with van der Waals surface area (Å²) in [6.45, 7) is 5.59. The number of rotatable bonds is 11. The van der Waals surface area contributed by atoms with Crippen LogP contribution in [0.2, 0.25) is 0 Å². The lowest BCUT2D eigenvalue weighted by Gasteiger charge is -2.34. The van der Waals surface area contributed by atoms with E-state index >= 15 is 0 Å². The molecule has 0 aliphatic carbocycles. The second-order valence-electron chi connectivity index (χ2n) is 8.26. The molecule has 0 amide bonds. The number of aliphatic hydroxyl groups excluding tert-OH is 1. The van der Waals surface area contributed by atoms with Gasteiger partial charge in [-0.2, -0.15) is 0 Å². The van der Waals surface area contributed by atoms with E-state index in [0.29, 0.717) is 6.61 Å². The fourth-order valence-corrected chi connectivity index (χ4v) is 3.55. The van der Waals surface area contributed by atoms with Gasteiger partial charge in [0, 0.05) is 6.92 Å². The van der Waals surface area contributed by atoms with Crippen molar-refractivity contribution in [1.29, 1.82) is 0 Å². The third-order valence-corrected chi connectivity index (χ3v) is 5.13. The van der Waals surface area contributed by atoms with Gasteiger partial charge in [-0.15, -0.1) is 0 Å². The Bertz CT molecular complexity index is 825. The normalized spacial score (nSPS) is 20.4. The van der Waals surface area contributed by atoms with Crippen LogP contribution in [0.4, 0.5) is 0 Å². The zero-order valence-electron chi connectivity index (χ0n) is 18.8. The smallest absolute Gasteiger partial charge is 0.302 e. The molecular weight excluding hydrogens is 412 g/mol. The van der Waals surface area contributed by atoms with E-state index in [1.165, 1.54) is 6.92 Å². The molecule has 1 fully saturated rings. The van der Waals surface area contributed by atoms with Crippen LogP contribution in [0.1, 0.15) is 31.9 Å². The average molecular weight is 445 g/mol. The van der Waals surface area contributed by atoms with Gasteiger partial charge in [0.1, 0.15) is 31.0 Å². The second-order valence-corrected chi connectivity index (χ2v) is 8.26. The van der Waals surface area contributed by atoms with Crippen molar-refractivity contribution in [2.45, 2.75) is 64.2 Å². The molecule has 2 aromatic carbocycles. The summed E-state index contributed by atoms with van der Waals surface area (Å²) in [7, 11) is 0. The quantitative estimate of drug-likeness (QED) is 0.533. The van der Waals surface area contributed by atoms with Gasteiger partial charge in [0.05, 0.1) is 19.8 Å². The highest BCUT2D eigenvalue weighted by atomic mass is 16.8. The molecule has 0 spiro atoms. The first kappa shape index (κ1) is 24.4. The number of carbonyl (C=O) groups is 1. The van der Waals surface area contributed by atoms with E-state index < -0.39 is 36.2 Å². The molecule has 0 bridgehead atoms. The van der Waals surface area contributed by atoms with Gasteiger partial charge >= 0.3 is 5.97 Å². The summed E-state index contributed by atoms with van der Waals surface area (Å²) < 4.78 is 29.3. The van der Waals surface area contributed by atoms with E-state index in [1.807, 2.05) is 74.5 Å². The van der Waals surface area contributed by atoms with Crippen LogP contribution in [0, 0.1) is 0 Å². The Kier molecular flexibility index (Phi) is 8.78. The van der Waals surface area contributed by atoms with Crippen LogP contribution in [0.5, 0.6) is 0 Å². The summed E-state index contributed by atoms with van der Waals surface area (Å²) >= 11 is 0. The van der Waals surface area contributed by atoms with E-state index in [2.05, 4.69) is 0 Å². The van der Waals surface area contributed by atoms with Crippen LogP contribution in [0.3, 0.4) is 0 Å². The lowest BCUT2D eigenvalue weighted by atomic mass is 10.0. The van der Waals surface area contributed by atoms with Crippen molar-refractivity contribution in [3.63, 3.8) is 0 Å². The number of hydrogen-bond donors (Lipinski definition) is 1. The zero-order valence-corrected chi connectivity index (χ0v) is 18.8. The van der Waals surface area contributed by atoms with E-state index in [4.69, 9.17) is 23.7 Å². The number of aliphatic hydroxyl groups is 1. The van der Waals surface area contributed by atoms with Crippen LogP contribution in [-0.2, 0) is 41.7 Å². The first-order chi connectivity index (χ1) is 15.3. The molecule has 1 aliphatic heterocycles. The van der Waals surface area contributed by atoms with Crippen LogP contribution in [0.15, 0.2) is 60.7 Å². The minimum Gasteiger partial charge on any atom is -0.463 e. The monoisotopic (exact) mass is 444 g/mol. The highest BCUT2D eigenvalue weighted by Crippen LogP contribution is 2.29. The van der Waals surface area contributed by atoms with E-state index in [0.717, 1.165) is 11.1 Å². The molecule has 0 aromatic heterocycles. The molecule has 4 atom stereocenters. The number of ether oxygens (including phenoxy) is 5. The van der Waals surface area contributed by atoms with Gasteiger partial charge < -0.3 is 28.8 Å². The topological polar surface area (TPSA) is 83.5 Å². The lowest BCUT2D eigenvalue weighted by Crippen LogP contribution is -2.50. The van der Waals surface area contributed by atoms with Gasteiger partial charge in [0.15, 0.2) is 5.79 Å². The van der Waals surface area contributed by atoms with E-state index in [1.54, 1.807) is 0 Å². The second kappa shape index (κ2) is 11.5. The molecule has 174 valence electrons. The van der Waals surface area contributed by atoms with Gasteiger partial charge in [-0.1, -0.05) is 60.7 Å². The highest BCUT2D eigenvalue weighted by Gasteiger charge is 2.44. The number of carbonyl (C=O) groups excluding carboxylic acids is 1. The summed E-state index contributed by atoms with van der Waals surface area (Å²) in [5, 5.41) is 10.9. The van der Waals surface area contributed by atoms with Gasteiger partial charge in [0.2, 0.25) is 0 Å². The molecule has 1 N–H and O–H groups in total. The summed E-state index contributed by atoms with van der Waals surface area (Å²) in [6, 6.07) is 19.4. The molecule has 0 unspecified atom stereocenters. The molecule has 7 nitrogen and oxygen atoms in total. The largest absolute Gasteiger partial charge is 0.463 e. The molecule has 0 saturated carbocycles. The molecule has 7 heteroatoms. The van der Waals surface area contributed by atoms with Crippen molar-refractivity contribution >= 4 is 5.97 Å². The van der Waals surface area contributed by atoms with Gasteiger partial charge in [0.25, 0.3) is 0 Å². The van der Waals surface area contributed by atoms with Crippen molar-refractivity contribution < 1.29 is 33.6 Å². The van der Waals surface area contributed by atoms with Crippen molar-refractivity contribution in [3.05, 3.63) is 71.8 Å². The minimum atomic E-state index is -1.12. The predicted molar refractivity (Wildman–Crippen MR) is 118 cm³/mol. The van der Waals surface area contributed by atoms with E-state index in [-0.39, 0.29) is 19.8 Å². The molecule has 1 aliphatic rings. The lowest BCUT2D eigenvalue weighted by molar-refractivity contribution is -0.199. The Morgan fingerprint density at radius 1 is 1.03 bits per heavy atom. The van der Waals surface area contributed by atoms with Crippen LogP contribution in [-0.4, -0.2) is 54.5 Å². The van der Waals surface area contributed by atoms with Crippen LogP contribution < -0.4 is 0 Å². The Morgan fingerprint density at radius 2 is 1.59 bits per heavy atom. The third-order valence-electron chi connectivity index (χ3n) is 5.13. The average Bonchev–Trinajstić information content (AvgIpc) is 3.15. The van der Waals surface area contributed by atoms with Crippen molar-refractivity contribution in [1.82, 2.24) is 0 Å². The molecule has 3 rings (SSSR count). The summed E-state index contributed by atoms with van der Waals surface area (Å²) in [4.78, 5) is 11.3. The molecule has 2 aromatic rings. The maximum atomic E-state index is 11.3. The maximum Gasteiger partial charge on any atom is 0.302 e. The Balaban J connectivity index is 1.80. The van der Waals surface area contributed by atoms with Crippen LogP contribution in [0.25, 0.3) is 0 Å². The summed E-state index contributed by atoms with van der Waals surface area (Å²) in [5.41, 5.74) is 1.93. The molecular formula is C25H32O7. The Morgan fingerprint density at radius 3 is 2.09 bits per heavy atom. The molecule has 1 heterocycles. The van der Waals surface area contributed by atoms with Gasteiger partial charge in [-0.05, 0) is 25.0 Å². The molecule has 32 heavy (non-hydrogen) atoms. The van der Waals surface area contributed by atoms with Gasteiger partial charge in [-0.3, -0.25) is 4.79 Å². The number of benzene rings is 2. The van der Waals surface area contributed by atoms with Crippen molar-refractivity contribution in [2.24, 2.45) is 0 Å². The molecule has 1 saturated heterocycles. The highest BCUT2D eigenvalue weighted by molar-refractivity contribution is 5.65. The summed E-state index contributed by atoms with van der Waals surface area (Å²) in [5.74, 6) is -1.25. The minimum absolute atomic E-state index is 0.211. The first-order valence-corrected chi connectivity index (χ1v) is 10.8. The standard InChI is InChI=1S/C25H32O7/c1-18(26)28-16-21(27)23(29-14-19-10-6-4-7-11-19)24(22-17-31-25(2,3)32-22)30-15-20-12-8-5-9-13-20/h4-13,21-24,27H,14-17H2,1-3H3/t21-,22-,23-,24-/m1/s1. The Hall–Kier alpha value is -2.29. The first-order valence-electron chi connectivity index (χ1n) is 10.8.